The van der Waals surface area contributed by atoms with Gasteiger partial charge in [0, 0.05) is 0 Å². The van der Waals surface area contributed by atoms with E-state index in [9.17, 15) is 4.79 Å². The van der Waals surface area contributed by atoms with Crippen molar-refractivity contribution in [3.63, 3.8) is 0 Å². The highest BCUT2D eigenvalue weighted by Gasteiger charge is 1.94. The van der Waals surface area contributed by atoms with Gasteiger partial charge >= 0.3 is 5.97 Å². The first kappa shape index (κ1) is 10.6. The Labute approximate surface area is 53.3 Å². The van der Waals surface area contributed by atoms with Crippen LogP contribution in [-0.2, 0) is 14.4 Å². The van der Waals surface area contributed by atoms with Gasteiger partial charge in [-0.2, -0.15) is 0 Å². The maximum Gasteiger partial charge on any atom is 0.333 e. The van der Waals surface area contributed by atoms with Crippen LogP contribution in [-0.4, -0.2) is 19.7 Å². The van der Waals surface area contributed by atoms with Crippen molar-refractivity contribution in [2.45, 2.75) is 0 Å². The highest BCUT2D eigenvalue weighted by molar-refractivity contribution is 5.85. The first-order valence-corrected chi connectivity index (χ1v) is 1.69. The number of hydrogen-bond donors (Lipinski definition) is 1. The third kappa shape index (κ3) is 5.68. The largest absolute Gasteiger partial charge is 0.467 e. The molecule has 50 valence electrons. The lowest BCUT2D eigenvalue weighted by Gasteiger charge is -1.92. The van der Waals surface area contributed by atoms with E-state index in [2.05, 4.69) is 15.5 Å². The van der Waals surface area contributed by atoms with Crippen molar-refractivity contribution in [2.24, 2.45) is 5.90 Å². The number of methoxy groups -OCH3 is 1. The fraction of sp³-hybridized carbons (Fsp3) is 0.667. The third-order valence-electron chi connectivity index (χ3n) is 0.429. The van der Waals surface area contributed by atoms with Crippen LogP contribution in [0.1, 0.15) is 0 Å². The van der Waals surface area contributed by atoms with E-state index < -0.39 is 5.97 Å². The SMILES string of the molecule is COC(=O)CON.Cl. The van der Waals surface area contributed by atoms with Crippen LogP contribution in [0.3, 0.4) is 0 Å². The molecule has 2 N–H and O–H groups in total. The third-order valence-corrected chi connectivity index (χ3v) is 0.429. The first-order valence-electron chi connectivity index (χ1n) is 1.69. The molecule has 0 saturated carbocycles. The lowest BCUT2D eigenvalue weighted by Crippen LogP contribution is -2.13. The van der Waals surface area contributed by atoms with Gasteiger partial charge in [-0.3, -0.25) is 4.84 Å². The first-order chi connectivity index (χ1) is 3.31. The molecule has 0 aromatic rings. The minimum Gasteiger partial charge on any atom is -0.467 e. The number of nitrogens with two attached hydrogens (primary N) is 1. The summed E-state index contributed by atoms with van der Waals surface area (Å²) in [5, 5.41) is 0. The highest BCUT2D eigenvalue weighted by atomic mass is 35.5. The zero-order valence-electron chi connectivity index (χ0n) is 4.42. The molecule has 0 rings (SSSR count). The second-order valence-electron chi connectivity index (χ2n) is 0.887. The summed E-state index contributed by atoms with van der Waals surface area (Å²) >= 11 is 0. The topological polar surface area (TPSA) is 61.5 Å². The van der Waals surface area contributed by atoms with Gasteiger partial charge in [0.25, 0.3) is 0 Å². The van der Waals surface area contributed by atoms with Gasteiger partial charge in [-0.05, 0) is 0 Å². The summed E-state index contributed by atoms with van der Waals surface area (Å²) in [6.07, 6.45) is 0. The van der Waals surface area contributed by atoms with Crippen LogP contribution >= 0.6 is 12.4 Å². The van der Waals surface area contributed by atoms with Gasteiger partial charge in [0.1, 0.15) is 0 Å². The zero-order chi connectivity index (χ0) is 5.70. The molecule has 0 fully saturated rings. The summed E-state index contributed by atoms with van der Waals surface area (Å²) in [5.41, 5.74) is 0. The van der Waals surface area contributed by atoms with Gasteiger partial charge in [0.15, 0.2) is 6.61 Å². The summed E-state index contributed by atoms with van der Waals surface area (Å²) in [6, 6.07) is 0. The van der Waals surface area contributed by atoms with Crippen LogP contribution in [0.5, 0.6) is 0 Å². The maximum atomic E-state index is 9.98. The average Bonchev–Trinajstić information content (AvgIpc) is 1.68. The average molecular weight is 142 g/mol. The monoisotopic (exact) mass is 141 g/mol. The number of ether oxygens (including phenoxy) is 1. The molecule has 0 spiro atoms. The Bertz CT molecular complexity index is 67.5. The van der Waals surface area contributed by atoms with Gasteiger partial charge in [0.2, 0.25) is 0 Å². The maximum absolute atomic E-state index is 9.98. The van der Waals surface area contributed by atoms with Crippen LogP contribution in [0.2, 0.25) is 0 Å². The van der Waals surface area contributed by atoms with Crippen molar-refractivity contribution >= 4 is 18.4 Å². The van der Waals surface area contributed by atoms with Gasteiger partial charge in [-0.1, -0.05) is 0 Å². The summed E-state index contributed by atoms with van der Waals surface area (Å²) < 4.78 is 4.15. The number of carbonyl (C=O) groups excluding carboxylic acids is 1. The van der Waals surface area contributed by atoms with Crippen molar-refractivity contribution in [1.82, 2.24) is 0 Å². The number of hydrogen-bond acceptors (Lipinski definition) is 4. The van der Waals surface area contributed by atoms with Crippen LogP contribution < -0.4 is 5.90 Å². The lowest BCUT2D eigenvalue weighted by molar-refractivity contribution is -0.146. The summed E-state index contributed by atoms with van der Waals surface area (Å²) in [4.78, 5) is 13.9. The van der Waals surface area contributed by atoms with E-state index in [0.29, 0.717) is 0 Å². The van der Waals surface area contributed by atoms with Gasteiger partial charge < -0.3 is 4.74 Å². The summed E-state index contributed by atoms with van der Waals surface area (Å²) in [5.74, 6) is 4.03. The Morgan fingerprint density at radius 2 is 2.25 bits per heavy atom. The molecule has 0 saturated heterocycles. The van der Waals surface area contributed by atoms with E-state index in [1.54, 1.807) is 0 Å². The molecule has 0 aliphatic rings. The standard InChI is InChI=1S/C3H7NO3.ClH/c1-6-3(5)2-7-4;/h2,4H2,1H3;1H. The Morgan fingerprint density at radius 3 is 2.38 bits per heavy atom. The van der Waals surface area contributed by atoms with E-state index in [4.69, 9.17) is 0 Å². The van der Waals surface area contributed by atoms with Crippen molar-refractivity contribution < 1.29 is 14.4 Å². The molecule has 0 radical (unpaired) electrons. The second kappa shape index (κ2) is 6.68. The van der Waals surface area contributed by atoms with E-state index >= 15 is 0 Å². The van der Waals surface area contributed by atoms with Crippen molar-refractivity contribution in [2.75, 3.05) is 13.7 Å². The summed E-state index contributed by atoms with van der Waals surface area (Å²) in [7, 11) is 1.27. The summed E-state index contributed by atoms with van der Waals surface area (Å²) in [6.45, 7) is -0.184. The number of carbonyl (C=O) groups is 1. The quantitative estimate of drug-likeness (QED) is 0.415. The number of rotatable bonds is 2. The Kier molecular flexibility index (Phi) is 8.87. The van der Waals surface area contributed by atoms with Crippen molar-refractivity contribution in [1.29, 1.82) is 0 Å². The Hall–Kier alpha value is -0.320. The molecule has 0 bridgehead atoms. The molecule has 0 heterocycles. The molecule has 0 atom stereocenters. The smallest absolute Gasteiger partial charge is 0.333 e. The molecule has 0 aromatic heterocycles. The minimum atomic E-state index is -0.470. The number of esters is 1. The predicted molar refractivity (Wildman–Crippen MR) is 29.4 cm³/mol. The van der Waals surface area contributed by atoms with E-state index in [1.165, 1.54) is 7.11 Å². The lowest BCUT2D eigenvalue weighted by atomic mass is 10.7. The fourth-order valence-corrected chi connectivity index (χ4v) is 0.127. The molecular weight excluding hydrogens is 133 g/mol. The van der Waals surface area contributed by atoms with Crippen LogP contribution in [0.15, 0.2) is 0 Å². The molecule has 0 aromatic carbocycles. The zero-order valence-corrected chi connectivity index (χ0v) is 5.23. The Morgan fingerprint density at radius 1 is 1.75 bits per heavy atom. The number of halogens is 1. The molecule has 0 aliphatic carbocycles. The van der Waals surface area contributed by atoms with E-state index in [-0.39, 0.29) is 19.0 Å². The molecule has 5 heteroatoms. The van der Waals surface area contributed by atoms with E-state index in [1.807, 2.05) is 0 Å². The molecular formula is C3H8ClNO3. The van der Waals surface area contributed by atoms with Crippen LogP contribution in [0.25, 0.3) is 0 Å². The Balaban J connectivity index is 0. The van der Waals surface area contributed by atoms with Crippen LogP contribution in [0, 0.1) is 0 Å². The second-order valence-corrected chi connectivity index (χ2v) is 0.887. The molecule has 0 amide bonds. The van der Waals surface area contributed by atoms with Crippen molar-refractivity contribution in [3.8, 4) is 0 Å². The molecule has 0 aliphatic heterocycles. The van der Waals surface area contributed by atoms with Crippen molar-refractivity contribution in [3.05, 3.63) is 0 Å². The van der Waals surface area contributed by atoms with E-state index in [0.717, 1.165) is 0 Å². The molecule has 4 nitrogen and oxygen atoms in total. The normalized spacial score (nSPS) is 7.25. The fourth-order valence-electron chi connectivity index (χ4n) is 0.127. The van der Waals surface area contributed by atoms with Gasteiger partial charge in [-0.25, -0.2) is 10.7 Å². The van der Waals surface area contributed by atoms with Gasteiger partial charge in [0.05, 0.1) is 7.11 Å². The molecule has 0 unspecified atom stereocenters. The van der Waals surface area contributed by atoms with Crippen LogP contribution in [0.4, 0.5) is 0 Å². The van der Waals surface area contributed by atoms with Gasteiger partial charge in [-0.15, -0.1) is 12.4 Å². The predicted octanol–water partition coefficient (Wildman–Crippen LogP) is -0.528. The highest BCUT2D eigenvalue weighted by Crippen LogP contribution is 1.68. The minimum absolute atomic E-state index is 0. The molecule has 8 heavy (non-hydrogen) atoms.